The summed E-state index contributed by atoms with van der Waals surface area (Å²) in [6.45, 7) is 5.97. The van der Waals surface area contributed by atoms with E-state index < -0.39 is 0 Å². The standard InChI is InChI=1S/C20H20ClN3O2S2/c1-4-12(3)26-14-7-5-6-13(9-14)18(25)23-19(27)24-20-22-16-10-15(21)11(2)8-17(16)28-20/h5-10,12H,4H2,1-3H3,(H2,22,23,24,25,27)/t12-/m0/s1. The number of halogens is 1. The first-order valence-electron chi connectivity index (χ1n) is 8.81. The van der Waals surface area contributed by atoms with Crippen LogP contribution in [0.3, 0.4) is 0 Å². The van der Waals surface area contributed by atoms with E-state index in [0.29, 0.717) is 21.5 Å². The van der Waals surface area contributed by atoms with E-state index in [1.54, 1.807) is 18.2 Å². The average Bonchev–Trinajstić information content (AvgIpc) is 3.02. The molecule has 0 fully saturated rings. The van der Waals surface area contributed by atoms with Crippen LogP contribution in [0.15, 0.2) is 36.4 Å². The summed E-state index contributed by atoms with van der Waals surface area (Å²) in [4.78, 5) is 16.9. The number of hydrogen-bond donors (Lipinski definition) is 2. The van der Waals surface area contributed by atoms with Crippen LogP contribution in [0.5, 0.6) is 5.75 Å². The van der Waals surface area contributed by atoms with Gasteiger partial charge in [0.1, 0.15) is 5.75 Å². The molecule has 3 rings (SSSR count). The Hall–Kier alpha value is -2.22. The number of nitrogens with one attached hydrogen (secondary N) is 2. The Balaban J connectivity index is 1.66. The number of hydrogen-bond acceptors (Lipinski definition) is 5. The molecule has 8 heteroatoms. The minimum Gasteiger partial charge on any atom is -0.491 e. The maximum Gasteiger partial charge on any atom is 0.257 e. The Bertz CT molecular complexity index is 996. The van der Waals surface area contributed by atoms with Crippen LogP contribution in [-0.2, 0) is 0 Å². The van der Waals surface area contributed by atoms with Gasteiger partial charge in [-0.15, -0.1) is 0 Å². The molecule has 0 saturated carbocycles. The summed E-state index contributed by atoms with van der Waals surface area (Å²) in [5, 5.41) is 7.07. The van der Waals surface area contributed by atoms with Gasteiger partial charge in [0.2, 0.25) is 0 Å². The van der Waals surface area contributed by atoms with Crippen molar-refractivity contribution in [1.82, 2.24) is 10.3 Å². The van der Waals surface area contributed by atoms with Gasteiger partial charge in [-0.05, 0) is 68.4 Å². The number of fused-ring (bicyclic) bond motifs is 1. The Morgan fingerprint density at radius 2 is 2.14 bits per heavy atom. The predicted molar refractivity (Wildman–Crippen MR) is 120 cm³/mol. The second-order valence-corrected chi connectivity index (χ2v) is 8.21. The van der Waals surface area contributed by atoms with Gasteiger partial charge in [0.25, 0.3) is 5.91 Å². The van der Waals surface area contributed by atoms with Crippen molar-refractivity contribution in [2.45, 2.75) is 33.3 Å². The molecule has 0 unspecified atom stereocenters. The zero-order valence-corrected chi connectivity index (χ0v) is 18.1. The molecule has 1 heterocycles. The van der Waals surface area contributed by atoms with Crippen molar-refractivity contribution in [1.29, 1.82) is 0 Å². The number of carbonyl (C=O) groups excluding carboxylic acids is 1. The molecule has 0 aliphatic heterocycles. The molecule has 1 atom stereocenters. The first kappa shape index (κ1) is 20.5. The molecular weight excluding hydrogens is 414 g/mol. The minimum absolute atomic E-state index is 0.0808. The molecule has 0 spiro atoms. The van der Waals surface area contributed by atoms with Gasteiger partial charge < -0.3 is 10.1 Å². The quantitative estimate of drug-likeness (QED) is 0.515. The van der Waals surface area contributed by atoms with E-state index in [1.807, 2.05) is 39.0 Å². The van der Waals surface area contributed by atoms with Crippen LogP contribution < -0.4 is 15.4 Å². The highest BCUT2D eigenvalue weighted by Crippen LogP contribution is 2.30. The molecule has 5 nitrogen and oxygen atoms in total. The molecule has 3 aromatic rings. The van der Waals surface area contributed by atoms with E-state index in [9.17, 15) is 4.79 Å². The number of benzene rings is 2. The Morgan fingerprint density at radius 3 is 2.89 bits per heavy atom. The van der Waals surface area contributed by atoms with Gasteiger partial charge in [-0.2, -0.15) is 0 Å². The maximum atomic E-state index is 12.5. The molecule has 0 saturated heterocycles. The number of thiazole rings is 1. The SMILES string of the molecule is CC[C@H](C)Oc1cccc(C(=O)NC(=S)Nc2nc3cc(Cl)c(C)cc3s2)c1. The number of thiocarbonyl (C=S) groups is 1. The largest absolute Gasteiger partial charge is 0.491 e. The first-order valence-corrected chi connectivity index (χ1v) is 10.4. The number of ether oxygens (including phenoxy) is 1. The van der Waals surface area contributed by atoms with Crippen LogP contribution in [0.4, 0.5) is 5.13 Å². The highest BCUT2D eigenvalue weighted by atomic mass is 35.5. The molecule has 1 amide bonds. The van der Waals surface area contributed by atoms with Gasteiger partial charge in [0.05, 0.1) is 16.3 Å². The lowest BCUT2D eigenvalue weighted by Crippen LogP contribution is -2.34. The lowest BCUT2D eigenvalue weighted by molar-refractivity contribution is 0.0977. The van der Waals surface area contributed by atoms with Gasteiger partial charge in [-0.25, -0.2) is 4.98 Å². The van der Waals surface area contributed by atoms with Crippen LogP contribution in [-0.4, -0.2) is 22.1 Å². The van der Waals surface area contributed by atoms with Crippen LogP contribution in [0.1, 0.15) is 36.2 Å². The van der Waals surface area contributed by atoms with Crippen molar-refractivity contribution in [3.63, 3.8) is 0 Å². The highest BCUT2D eigenvalue weighted by molar-refractivity contribution is 7.80. The third-order valence-electron chi connectivity index (χ3n) is 4.12. The topological polar surface area (TPSA) is 63.2 Å². The Labute approximate surface area is 178 Å². The molecule has 0 radical (unpaired) electrons. The molecule has 28 heavy (non-hydrogen) atoms. The van der Waals surface area contributed by atoms with E-state index in [0.717, 1.165) is 22.2 Å². The number of anilines is 1. The van der Waals surface area contributed by atoms with E-state index in [4.69, 9.17) is 28.6 Å². The second kappa shape index (κ2) is 8.86. The summed E-state index contributed by atoms with van der Waals surface area (Å²) in [5.41, 5.74) is 2.24. The monoisotopic (exact) mass is 433 g/mol. The van der Waals surface area contributed by atoms with Gasteiger partial charge in [-0.1, -0.05) is 35.9 Å². The third-order valence-corrected chi connectivity index (χ3v) is 5.67. The van der Waals surface area contributed by atoms with Gasteiger partial charge in [0.15, 0.2) is 10.2 Å². The molecule has 2 N–H and O–H groups in total. The lowest BCUT2D eigenvalue weighted by atomic mass is 10.2. The maximum absolute atomic E-state index is 12.5. The van der Waals surface area contributed by atoms with Crippen molar-refractivity contribution in [3.05, 3.63) is 52.5 Å². The van der Waals surface area contributed by atoms with E-state index in [1.165, 1.54) is 11.3 Å². The van der Waals surface area contributed by atoms with Gasteiger partial charge in [0, 0.05) is 10.6 Å². The van der Waals surface area contributed by atoms with Gasteiger partial charge in [-0.3, -0.25) is 10.1 Å². The zero-order valence-electron chi connectivity index (χ0n) is 15.7. The number of rotatable bonds is 5. The molecule has 0 aliphatic carbocycles. The number of aryl methyl sites for hydroxylation is 1. The van der Waals surface area contributed by atoms with Crippen molar-refractivity contribution in [3.8, 4) is 5.75 Å². The van der Waals surface area contributed by atoms with E-state index >= 15 is 0 Å². The predicted octanol–water partition coefficient (Wildman–Crippen LogP) is 5.56. The fourth-order valence-electron chi connectivity index (χ4n) is 2.43. The summed E-state index contributed by atoms with van der Waals surface area (Å²) in [7, 11) is 0. The molecule has 2 aromatic carbocycles. The smallest absolute Gasteiger partial charge is 0.257 e. The van der Waals surface area contributed by atoms with Crippen LogP contribution >= 0.6 is 35.2 Å². The fourth-order valence-corrected chi connectivity index (χ4v) is 3.80. The fraction of sp³-hybridized carbons (Fsp3) is 0.250. The van der Waals surface area contributed by atoms with E-state index in [-0.39, 0.29) is 17.1 Å². The third kappa shape index (κ3) is 4.98. The number of amides is 1. The average molecular weight is 434 g/mol. The van der Waals surface area contributed by atoms with Crippen molar-refractivity contribution in [2.24, 2.45) is 0 Å². The second-order valence-electron chi connectivity index (χ2n) is 6.36. The highest BCUT2D eigenvalue weighted by Gasteiger charge is 2.12. The molecule has 1 aromatic heterocycles. The number of nitrogens with zero attached hydrogens (tertiary/aromatic N) is 1. The van der Waals surface area contributed by atoms with E-state index in [2.05, 4.69) is 15.6 Å². The molecular formula is C20H20ClN3O2S2. The van der Waals surface area contributed by atoms with Crippen LogP contribution in [0.2, 0.25) is 5.02 Å². The van der Waals surface area contributed by atoms with Crippen molar-refractivity contribution >= 4 is 61.5 Å². The molecule has 0 aliphatic rings. The Kier molecular flexibility index (Phi) is 6.49. The van der Waals surface area contributed by atoms with Crippen LogP contribution in [0, 0.1) is 6.92 Å². The first-order chi connectivity index (χ1) is 13.4. The zero-order chi connectivity index (χ0) is 20.3. The number of carbonyl (C=O) groups is 1. The Morgan fingerprint density at radius 1 is 1.36 bits per heavy atom. The number of aromatic nitrogens is 1. The summed E-state index contributed by atoms with van der Waals surface area (Å²) >= 11 is 12.8. The minimum atomic E-state index is -0.313. The summed E-state index contributed by atoms with van der Waals surface area (Å²) in [6.07, 6.45) is 0.967. The van der Waals surface area contributed by atoms with Gasteiger partial charge >= 0.3 is 0 Å². The summed E-state index contributed by atoms with van der Waals surface area (Å²) < 4.78 is 6.75. The summed E-state index contributed by atoms with van der Waals surface area (Å²) in [6, 6.07) is 10.8. The van der Waals surface area contributed by atoms with Crippen LogP contribution in [0.25, 0.3) is 10.2 Å². The molecule has 0 bridgehead atoms. The van der Waals surface area contributed by atoms with Crippen molar-refractivity contribution in [2.75, 3.05) is 5.32 Å². The van der Waals surface area contributed by atoms with Crippen molar-refractivity contribution < 1.29 is 9.53 Å². The molecule has 146 valence electrons. The normalized spacial score (nSPS) is 11.9. The summed E-state index contributed by atoms with van der Waals surface area (Å²) in [5.74, 6) is 0.339. The lowest BCUT2D eigenvalue weighted by Gasteiger charge is -2.13.